The zero-order valence-corrected chi connectivity index (χ0v) is 12.2. The Morgan fingerprint density at radius 2 is 2.14 bits per heavy atom. The topological polar surface area (TPSA) is 107 Å². The Balaban J connectivity index is 0.00000220. The number of aryl methyl sites for hydroxylation is 1. The van der Waals surface area contributed by atoms with E-state index in [-0.39, 0.29) is 23.8 Å². The third-order valence-electron chi connectivity index (χ3n) is 2.95. The average Bonchev–Trinajstić information content (AvgIpc) is 2.81. The maximum atomic E-state index is 11.7. The first-order valence-electron chi connectivity index (χ1n) is 6.10. The number of nitrogens with two attached hydrogens (primary N) is 1. The molecule has 21 heavy (non-hydrogen) atoms. The molecule has 0 aliphatic carbocycles. The van der Waals surface area contributed by atoms with E-state index < -0.39 is 11.9 Å². The molecule has 2 aromatic rings. The third-order valence-corrected chi connectivity index (χ3v) is 2.95. The van der Waals surface area contributed by atoms with E-state index in [1.165, 1.54) is 19.2 Å². The van der Waals surface area contributed by atoms with Crippen LogP contribution in [0.2, 0.25) is 0 Å². The average molecular weight is 314 g/mol. The van der Waals surface area contributed by atoms with Crippen molar-refractivity contribution in [1.82, 2.24) is 9.55 Å². The van der Waals surface area contributed by atoms with Crippen LogP contribution in [-0.4, -0.2) is 40.3 Å². The van der Waals surface area contributed by atoms with Gasteiger partial charge in [-0.1, -0.05) is 0 Å². The lowest BCUT2D eigenvalue weighted by Gasteiger charge is -2.07. The molecular formula is C13H16ClN3O4. The maximum absolute atomic E-state index is 11.7. The minimum atomic E-state index is -1.03. The number of carboxylic acids is 1. The second-order valence-electron chi connectivity index (χ2n) is 4.23. The Hall–Kier alpha value is -2.12. The minimum absolute atomic E-state index is 0. The minimum Gasteiger partial charge on any atom is -0.478 e. The summed E-state index contributed by atoms with van der Waals surface area (Å²) in [4.78, 5) is 26.9. The van der Waals surface area contributed by atoms with Gasteiger partial charge in [0.1, 0.15) is 0 Å². The molecule has 0 aliphatic heterocycles. The van der Waals surface area contributed by atoms with E-state index in [0.717, 1.165) is 0 Å². The standard InChI is InChI=1S/C13H15N3O4.ClH/c1-20-13(19)11-15-9-4-3-8(12(17)18)7-10(9)16(11)6-2-5-14;/h3-4,7H,2,5-6,14H2,1H3,(H,17,18);1H. The van der Waals surface area contributed by atoms with Crippen LogP contribution in [0, 0.1) is 0 Å². The summed E-state index contributed by atoms with van der Waals surface area (Å²) >= 11 is 0. The Bertz CT molecular complexity index is 669. The SMILES string of the molecule is COC(=O)c1nc2ccc(C(=O)O)cc2n1CCCN.Cl. The van der Waals surface area contributed by atoms with Crippen LogP contribution in [0.25, 0.3) is 11.0 Å². The normalized spacial score (nSPS) is 10.2. The van der Waals surface area contributed by atoms with Gasteiger partial charge in [-0.15, -0.1) is 12.4 Å². The van der Waals surface area contributed by atoms with Crippen LogP contribution < -0.4 is 5.73 Å². The summed E-state index contributed by atoms with van der Waals surface area (Å²) in [6, 6.07) is 4.52. The molecule has 1 heterocycles. The number of ether oxygens (including phenoxy) is 1. The van der Waals surface area contributed by atoms with E-state index in [1.807, 2.05) is 0 Å². The number of hydrogen-bond donors (Lipinski definition) is 2. The molecule has 0 atom stereocenters. The van der Waals surface area contributed by atoms with E-state index >= 15 is 0 Å². The van der Waals surface area contributed by atoms with Crippen LogP contribution in [0.4, 0.5) is 0 Å². The van der Waals surface area contributed by atoms with Crippen LogP contribution in [0.15, 0.2) is 18.2 Å². The number of benzene rings is 1. The van der Waals surface area contributed by atoms with Crippen molar-refractivity contribution in [1.29, 1.82) is 0 Å². The molecule has 0 unspecified atom stereocenters. The molecule has 0 amide bonds. The number of aromatic carboxylic acids is 1. The fraction of sp³-hybridized carbons (Fsp3) is 0.308. The Morgan fingerprint density at radius 1 is 1.43 bits per heavy atom. The summed E-state index contributed by atoms with van der Waals surface area (Å²) in [5.74, 6) is -1.44. The highest BCUT2D eigenvalue weighted by Gasteiger charge is 2.18. The van der Waals surface area contributed by atoms with E-state index in [2.05, 4.69) is 4.98 Å². The number of nitrogens with zero attached hydrogens (tertiary/aromatic N) is 2. The first-order valence-corrected chi connectivity index (χ1v) is 6.10. The van der Waals surface area contributed by atoms with Crippen molar-refractivity contribution in [2.45, 2.75) is 13.0 Å². The predicted molar refractivity (Wildman–Crippen MR) is 79.0 cm³/mol. The molecule has 114 valence electrons. The predicted octanol–water partition coefficient (Wildman–Crippen LogP) is 1.29. The summed E-state index contributed by atoms with van der Waals surface area (Å²) in [5.41, 5.74) is 6.75. The second-order valence-corrected chi connectivity index (χ2v) is 4.23. The lowest BCUT2D eigenvalue weighted by Crippen LogP contribution is -2.14. The molecule has 0 spiro atoms. The first kappa shape index (κ1) is 16.9. The number of fused-ring (bicyclic) bond motifs is 1. The highest BCUT2D eigenvalue weighted by atomic mass is 35.5. The summed E-state index contributed by atoms with van der Waals surface area (Å²) in [6.45, 7) is 0.930. The monoisotopic (exact) mass is 313 g/mol. The summed E-state index contributed by atoms with van der Waals surface area (Å²) < 4.78 is 6.33. The van der Waals surface area contributed by atoms with Crippen LogP contribution in [0.5, 0.6) is 0 Å². The van der Waals surface area contributed by atoms with E-state index in [1.54, 1.807) is 10.6 Å². The van der Waals surface area contributed by atoms with Gasteiger partial charge >= 0.3 is 11.9 Å². The quantitative estimate of drug-likeness (QED) is 0.805. The molecular weight excluding hydrogens is 298 g/mol. The number of carbonyl (C=O) groups excluding carboxylic acids is 1. The fourth-order valence-electron chi connectivity index (χ4n) is 1.98. The van der Waals surface area contributed by atoms with Crippen molar-refractivity contribution in [2.24, 2.45) is 5.73 Å². The summed E-state index contributed by atoms with van der Waals surface area (Å²) in [7, 11) is 1.28. The molecule has 1 aromatic carbocycles. The van der Waals surface area contributed by atoms with Gasteiger partial charge in [0.15, 0.2) is 0 Å². The number of carbonyl (C=O) groups is 2. The van der Waals surface area contributed by atoms with E-state index in [0.29, 0.717) is 30.5 Å². The fourth-order valence-corrected chi connectivity index (χ4v) is 1.98. The van der Waals surface area contributed by atoms with Crippen molar-refractivity contribution >= 4 is 35.4 Å². The Labute approximate surface area is 127 Å². The molecule has 0 saturated carbocycles. The van der Waals surface area contributed by atoms with Crippen LogP contribution >= 0.6 is 12.4 Å². The molecule has 0 saturated heterocycles. The Morgan fingerprint density at radius 3 is 2.71 bits per heavy atom. The van der Waals surface area contributed by atoms with Gasteiger partial charge < -0.3 is 20.1 Å². The van der Waals surface area contributed by atoms with Crippen LogP contribution in [-0.2, 0) is 11.3 Å². The molecule has 0 fully saturated rings. The summed E-state index contributed by atoms with van der Waals surface area (Å²) in [5, 5.41) is 9.03. The first-order chi connectivity index (χ1) is 9.58. The van der Waals surface area contributed by atoms with Gasteiger partial charge in [-0.2, -0.15) is 0 Å². The zero-order chi connectivity index (χ0) is 14.7. The Kier molecular flexibility index (Phi) is 5.69. The number of hydrogen-bond acceptors (Lipinski definition) is 5. The van der Waals surface area contributed by atoms with Crippen molar-refractivity contribution in [3.8, 4) is 0 Å². The van der Waals surface area contributed by atoms with Gasteiger partial charge in [0.05, 0.1) is 23.7 Å². The molecule has 7 nitrogen and oxygen atoms in total. The number of carboxylic acid groups (broad SMARTS) is 1. The van der Waals surface area contributed by atoms with Gasteiger partial charge in [-0.3, -0.25) is 0 Å². The van der Waals surface area contributed by atoms with Gasteiger partial charge in [0.25, 0.3) is 0 Å². The molecule has 0 aliphatic rings. The van der Waals surface area contributed by atoms with Crippen molar-refractivity contribution in [3.05, 3.63) is 29.6 Å². The van der Waals surface area contributed by atoms with Crippen molar-refractivity contribution in [3.63, 3.8) is 0 Å². The lowest BCUT2D eigenvalue weighted by molar-refractivity contribution is 0.0581. The molecule has 2 rings (SSSR count). The largest absolute Gasteiger partial charge is 0.478 e. The number of imidazole rings is 1. The lowest BCUT2D eigenvalue weighted by atomic mass is 10.2. The molecule has 0 radical (unpaired) electrons. The number of halogens is 1. The van der Waals surface area contributed by atoms with Gasteiger partial charge in [0.2, 0.25) is 5.82 Å². The number of esters is 1. The third kappa shape index (κ3) is 3.32. The zero-order valence-electron chi connectivity index (χ0n) is 11.4. The second kappa shape index (κ2) is 7.05. The van der Waals surface area contributed by atoms with Gasteiger partial charge in [0, 0.05) is 6.54 Å². The molecule has 3 N–H and O–H groups in total. The van der Waals surface area contributed by atoms with E-state index in [4.69, 9.17) is 15.6 Å². The molecule has 0 bridgehead atoms. The van der Waals surface area contributed by atoms with Gasteiger partial charge in [-0.05, 0) is 31.2 Å². The number of aromatic nitrogens is 2. The highest BCUT2D eigenvalue weighted by molar-refractivity contribution is 5.95. The smallest absolute Gasteiger partial charge is 0.374 e. The van der Waals surface area contributed by atoms with Crippen molar-refractivity contribution < 1.29 is 19.4 Å². The number of rotatable bonds is 5. The molecule has 1 aromatic heterocycles. The van der Waals surface area contributed by atoms with Crippen LogP contribution in [0.1, 0.15) is 27.4 Å². The van der Waals surface area contributed by atoms with E-state index in [9.17, 15) is 9.59 Å². The summed E-state index contributed by atoms with van der Waals surface area (Å²) in [6.07, 6.45) is 0.646. The van der Waals surface area contributed by atoms with Crippen LogP contribution in [0.3, 0.4) is 0 Å². The highest BCUT2D eigenvalue weighted by Crippen LogP contribution is 2.19. The van der Waals surface area contributed by atoms with Crippen molar-refractivity contribution in [2.75, 3.05) is 13.7 Å². The maximum Gasteiger partial charge on any atom is 0.374 e. The van der Waals surface area contributed by atoms with Gasteiger partial charge in [-0.25, -0.2) is 14.6 Å². The number of methoxy groups -OCH3 is 1. The molecule has 8 heteroatoms.